The van der Waals surface area contributed by atoms with Crippen LogP contribution in [0, 0.1) is 0 Å². The Morgan fingerprint density at radius 3 is 2.92 bits per heavy atom. The van der Waals surface area contributed by atoms with Crippen LogP contribution in [0.2, 0.25) is 0 Å². The third-order valence-electron chi connectivity index (χ3n) is 3.85. The van der Waals surface area contributed by atoms with E-state index in [0.717, 1.165) is 0 Å². The highest BCUT2D eigenvalue weighted by atomic mass is 16.5. The fourth-order valence-corrected chi connectivity index (χ4v) is 2.68. The highest BCUT2D eigenvalue weighted by Crippen LogP contribution is 2.11. The lowest BCUT2D eigenvalue weighted by molar-refractivity contribution is 0.0592. The van der Waals surface area contributed by atoms with E-state index in [2.05, 4.69) is 15.0 Å². The zero-order valence-corrected chi connectivity index (χ0v) is 13.3. The second kappa shape index (κ2) is 5.82. The van der Waals surface area contributed by atoms with Gasteiger partial charge in [0, 0.05) is 12.4 Å². The number of aromatic nitrogens is 5. The Labute approximate surface area is 141 Å². The molecule has 124 valence electrons. The van der Waals surface area contributed by atoms with Gasteiger partial charge in [0.1, 0.15) is 11.3 Å². The minimum absolute atomic E-state index is 0.223. The molecule has 4 heterocycles. The maximum atomic E-state index is 12.5. The molecule has 0 amide bonds. The molecular weight excluding hydrogens is 322 g/mol. The third-order valence-corrected chi connectivity index (χ3v) is 3.85. The van der Waals surface area contributed by atoms with Gasteiger partial charge in [-0.25, -0.2) is 19.7 Å². The van der Waals surface area contributed by atoms with Gasteiger partial charge in [-0.05, 0) is 24.3 Å². The van der Waals surface area contributed by atoms with Gasteiger partial charge in [0.25, 0.3) is 5.56 Å². The molecule has 0 aliphatic carbocycles. The number of imidazole rings is 1. The number of methoxy groups -OCH3 is 1. The number of esters is 1. The van der Waals surface area contributed by atoms with Crippen LogP contribution in [0.25, 0.3) is 16.7 Å². The molecule has 25 heavy (non-hydrogen) atoms. The summed E-state index contributed by atoms with van der Waals surface area (Å²) in [6.07, 6.45) is 4.73. The molecule has 0 fully saturated rings. The smallest absolute Gasteiger partial charge is 0.355 e. The average molecular weight is 335 g/mol. The molecule has 0 aliphatic rings. The van der Waals surface area contributed by atoms with Crippen molar-refractivity contribution in [3.63, 3.8) is 0 Å². The fourth-order valence-electron chi connectivity index (χ4n) is 2.68. The number of hydrogen-bond donors (Lipinski definition) is 0. The molecule has 0 aliphatic heterocycles. The Bertz CT molecular complexity index is 1160. The van der Waals surface area contributed by atoms with Gasteiger partial charge in [0.05, 0.1) is 31.2 Å². The van der Waals surface area contributed by atoms with Gasteiger partial charge in [0.15, 0.2) is 5.52 Å². The normalized spacial score (nSPS) is 11.1. The number of ether oxygens (including phenoxy) is 1. The highest BCUT2D eigenvalue weighted by Gasteiger charge is 2.13. The van der Waals surface area contributed by atoms with Crippen LogP contribution in [0.3, 0.4) is 0 Å². The topological polar surface area (TPSA) is 91.4 Å². The minimum atomic E-state index is -0.455. The van der Waals surface area contributed by atoms with E-state index in [-0.39, 0.29) is 12.1 Å². The van der Waals surface area contributed by atoms with Crippen molar-refractivity contribution in [2.24, 2.45) is 0 Å². The summed E-state index contributed by atoms with van der Waals surface area (Å²) in [6, 6.07) is 8.63. The first kappa shape index (κ1) is 15.0. The molecule has 0 saturated heterocycles. The Kier molecular flexibility index (Phi) is 3.50. The number of hydrogen-bond acceptors (Lipinski definition) is 6. The molecule has 0 N–H and O–H groups in total. The van der Waals surface area contributed by atoms with E-state index in [0.29, 0.717) is 28.1 Å². The van der Waals surface area contributed by atoms with Gasteiger partial charge in [-0.1, -0.05) is 6.07 Å². The van der Waals surface area contributed by atoms with Crippen LogP contribution in [0.5, 0.6) is 0 Å². The number of nitrogens with zero attached hydrogens (tertiary/aromatic N) is 5. The van der Waals surface area contributed by atoms with Crippen molar-refractivity contribution in [2.75, 3.05) is 7.11 Å². The molecule has 8 heteroatoms. The van der Waals surface area contributed by atoms with Gasteiger partial charge in [-0.2, -0.15) is 0 Å². The molecule has 0 atom stereocenters. The van der Waals surface area contributed by atoms with Crippen LogP contribution in [0.4, 0.5) is 0 Å². The van der Waals surface area contributed by atoms with Crippen molar-refractivity contribution in [1.29, 1.82) is 0 Å². The van der Waals surface area contributed by atoms with Crippen LogP contribution >= 0.6 is 0 Å². The summed E-state index contributed by atoms with van der Waals surface area (Å²) in [5.41, 5.74) is 2.20. The van der Waals surface area contributed by atoms with Gasteiger partial charge in [-0.3, -0.25) is 13.8 Å². The molecule has 4 rings (SSSR count). The first-order chi connectivity index (χ1) is 12.2. The van der Waals surface area contributed by atoms with E-state index in [4.69, 9.17) is 4.74 Å². The number of rotatable bonds is 3. The number of fused-ring (bicyclic) bond motifs is 2. The summed E-state index contributed by atoms with van der Waals surface area (Å²) in [7, 11) is 1.33. The van der Waals surface area contributed by atoms with E-state index in [9.17, 15) is 9.59 Å². The van der Waals surface area contributed by atoms with Crippen molar-refractivity contribution in [2.45, 2.75) is 6.54 Å². The molecule has 0 aromatic carbocycles. The van der Waals surface area contributed by atoms with Gasteiger partial charge < -0.3 is 4.74 Å². The van der Waals surface area contributed by atoms with Crippen LogP contribution < -0.4 is 5.56 Å². The van der Waals surface area contributed by atoms with Crippen LogP contribution in [-0.2, 0) is 11.3 Å². The Hall–Kier alpha value is -3.55. The SMILES string of the molecule is COC(=O)c1cccc2nc(Cn3cnc4cccnc4c3=O)cn12. The first-order valence-electron chi connectivity index (χ1n) is 7.53. The summed E-state index contributed by atoms with van der Waals surface area (Å²) in [6.45, 7) is 0.223. The summed E-state index contributed by atoms with van der Waals surface area (Å²) in [4.78, 5) is 37.2. The maximum absolute atomic E-state index is 12.5. The highest BCUT2D eigenvalue weighted by molar-refractivity contribution is 5.88. The van der Waals surface area contributed by atoms with Crippen LogP contribution in [-0.4, -0.2) is 37.0 Å². The fraction of sp³-hybridized carbons (Fsp3) is 0.118. The average Bonchev–Trinajstić information content (AvgIpc) is 3.06. The Balaban J connectivity index is 1.78. The molecule has 4 aromatic heterocycles. The van der Waals surface area contributed by atoms with E-state index < -0.39 is 5.97 Å². The molecule has 0 radical (unpaired) electrons. The van der Waals surface area contributed by atoms with E-state index >= 15 is 0 Å². The zero-order valence-electron chi connectivity index (χ0n) is 13.3. The molecule has 4 aromatic rings. The largest absolute Gasteiger partial charge is 0.464 e. The predicted molar refractivity (Wildman–Crippen MR) is 89.4 cm³/mol. The summed E-state index contributed by atoms with van der Waals surface area (Å²) < 4.78 is 7.86. The van der Waals surface area contributed by atoms with Crippen LogP contribution in [0.15, 0.2) is 53.8 Å². The Morgan fingerprint density at radius 1 is 1.20 bits per heavy atom. The van der Waals surface area contributed by atoms with Gasteiger partial charge in [-0.15, -0.1) is 0 Å². The molecule has 0 bridgehead atoms. The molecule has 0 unspecified atom stereocenters. The number of carbonyl (C=O) groups excluding carboxylic acids is 1. The van der Waals surface area contributed by atoms with Crippen molar-refractivity contribution in [3.8, 4) is 0 Å². The van der Waals surface area contributed by atoms with Crippen LogP contribution in [0.1, 0.15) is 16.2 Å². The Morgan fingerprint density at radius 2 is 2.08 bits per heavy atom. The van der Waals surface area contributed by atoms with Gasteiger partial charge >= 0.3 is 5.97 Å². The first-order valence-corrected chi connectivity index (χ1v) is 7.53. The molecule has 8 nitrogen and oxygen atoms in total. The maximum Gasteiger partial charge on any atom is 0.355 e. The second-order valence-corrected chi connectivity index (χ2v) is 5.41. The zero-order chi connectivity index (χ0) is 17.4. The lowest BCUT2D eigenvalue weighted by Crippen LogP contribution is -2.22. The monoisotopic (exact) mass is 335 g/mol. The van der Waals surface area contributed by atoms with E-state index in [1.807, 2.05) is 0 Å². The summed E-state index contributed by atoms with van der Waals surface area (Å²) >= 11 is 0. The standard InChI is InChI=1S/C17H13N5O3/c1-25-17(24)13-5-2-6-14-20-11(9-22(13)14)8-21-10-19-12-4-3-7-18-15(12)16(21)23/h2-7,9-10H,8H2,1H3. The van der Waals surface area contributed by atoms with E-state index in [1.165, 1.54) is 18.0 Å². The quantitative estimate of drug-likeness (QED) is 0.524. The summed E-state index contributed by atoms with van der Waals surface area (Å²) in [5, 5.41) is 0. The lowest BCUT2D eigenvalue weighted by Gasteiger charge is -2.03. The molecule has 0 saturated carbocycles. The summed E-state index contributed by atoms with van der Waals surface area (Å²) in [5.74, 6) is -0.455. The molecule has 0 spiro atoms. The predicted octanol–water partition coefficient (Wildman–Crippen LogP) is 1.27. The lowest BCUT2D eigenvalue weighted by atomic mass is 10.3. The van der Waals surface area contributed by atoms with Crippen molar-refractivity contribution in [1.82, 2.24) is 23.9 Å². The minimum Gasteiger partial charge on any atom is -0.464 e. The van der Waals surface area contributed by atoms with Gasteiger partial charge in [0.2, 0.25) is 0 Å². The van der Waals surface area contributed by atoms with Crippen molar-refractivity contribution >= 4 is 22.6 Å². The number of carbonyl (C=O) groups is 1. The van der Waals surface area contributed by atoms with Crippen molar-refractivity contribution < 1.29 is 9.53 Å². The van der Waals surface area contributed by atoms with Crippen molar-refractivity contribution in [3.05, 3.63) is 70.8 Å². The third kappa shape index (κ3) is 2.53. The number of pyridine rings is 2. The molecular formula is C17H13N5O3. The second-order valence-electron chi connectivity index (χ2n) is 5.41. The van der Waals surface area contributed by atoms with E-state index in [1.54, 1.807) is 47.1 Å².